The maximum Gasteiger partial charge on any atom is 0.289 e. The Balaban J connectivity index is 2.38. The molecule has 1 aromatic rings. The second kappa shape index (κ2) is 3.65. The zero-order valence-corrected chi connectivity index (χ0v) is 8.15. The van der Waals surface area contributed by atoms with Crippen molar-refractivity contribution in [1.29, 1.82) is 0 Å². The number of fused-ring (bicyclic) bond motifs is 1. The lowest BCUT2D eigenvalue weighted by Gasteiger charge is -2.17. The maximum atomic E-state index is 11.3. The Morgan fingerprint density at radius 3 is 2.81 bits per heavy atom. The zero-order chi connectivity index (χ0) is 11.7. The van der Waals surface area contributed by atoms with Gasteiger partial charge in [-0.15, -0.1) is 0 Å². The van der Waals surface area contributed by atoms with Crippen LogP contribution in [0.5, 0.6) is 5.75 Å². The molecule has 0 aliphatic carbocycles. The predicted octanol–water partition coefficient (Wildman–Crippen LogP) is -0.315. The van der Waals surface area contributed by atoms with Crippen molar-refractivity contribution in [2.75, 3.05) is 11.9 Å². The Labute approximate surface area is 90.4 Å². The van der Waals surface area contributed by atoms with Crippen LogP contribution in [-0.2, 0) is 9.59 Å². The molecule has 0 saturated carbocycles. The van der Waals surface area contributed by atoms with Crippen molar-refractivity contribution in [2.24, 2.45) is 5.73 Å². The van der Waals surface area contributed by atoms with Crippen LogP contribution in [0.15, 0.2) is 18.2 Å². The molecule has 2 rings (SSSR count). The van der Waals surface area contributed by atoms with E-state index in [1.54, 1.807) is 0 Å². The van der Waals surface area contributed by atoms with Crippen LogP contribution >= 0.6 is 0 Å². The van der Waals surface area contributed by atoms with Gasteiger partial charge in [-0.1, -0.05) is 0 Å². The van der Waals surface area contributed by atoms with E-state index in [0.29, 0.717) is 11.4 Å². The molecular formula is C10H8N2O4. The molecule has 0 radical (unpaired) electrons. The summed E-state index contributed by atoms with van der Waals surface area (Å²) in [6.07, 6.45) is 0. The Morgan fingerprint density at radius 2 is 2.12 bits per heavy atom. The second-order valence-electron chi connectivity index (χ2n) is 3.24. The highest BCUT2D eigenvalue weighted by atomic mass is 16.5. The van der Waals surface area contributed by atoms with Gasteiger partial charge >= 0.3 is 0 Å². The minimum absolute atomic E-state index is 0.0594. The number of carbonyl (C=O) groups is 3. The molecule has 0 spiro atoms. The van der Waals surface area contributed by atoms with E-state index in [9.17, 15) is 14.4 Å². The summed E-state index contributed by atoms with van der Waals surface area (Å²) in [5.41, 5.74) is 5.35. The minimum Gasteiger partial charge on any atom is -0.482 e. The van der Waals surface area contributed by atoms with E-state index in [0.717, 1.165) is 0 Å². The molecule has 1 aliphatic rings. The number of benzene rings is 1. The number of nitrogens with two attached hydrogens (primary N) is 1. The van der Waals surface area contributed by atoms with Crippen LogP contribution in [0, 0.1) is 0 Å². The van der Waals surface area contributed by atoms with Gasteiger partial charge in [0.25, 0.3) is 11.8 Å². The molecule has 2 amide bonds. The first-order valence-electron chi connectivity index (χ1n) is 4.49. The predicted molar refractivity (Wildman–Crippen MR) is 54.1 cm³/mol. The third-order valence-corrected chi connectivity index (χ3v) is 2.10. The molecule has 3 N–H and O–H groups in total. The van der Waals surface area contributed by atoms with Gasteiger partial charge in [-0.3, -0.25) is 14.4 Å². The fourth-order valence-corrected chi connectivity index (χ4v) is 1.37. The van der Waals surface area contributed by atoms with E-state index in [-0.39, 0.29) is 18.1 Å². The first kappa shape index (κ1) is 10.2. The van der Waals surface area contributed by atoms with Crippen LogP contribution in [0.25, 0.3) is 0 Å². The number of Topliss-reactive ketones (excluding diaryl/α,β-unsaturated/α-hetero) is 1. The molecule has 16 heavy (non-hydrogen) atoms. The summed E-state index contributed by atoms with van der Waals surface area (Å²) >= 11 is 0. The quantitative estimate of drug-likeness (QED) is 0.527. The van der Waals surface area contributed by atoms with Crippen LogP contribution in [0.4, 0.5) is 5.69 Å². The molecule has 6 heteroatoms. The van der Waals surface area contributed by atoms with Gasteiger partial charge in [0.15, 0.2) is 6.61 Å². The van der Waals surface area contributed by atoms with Crippen molar-refractivity contribution in [3.8, 4) is 5.75 Å². The molecule has 0 aromatic heterocycles. The maximum absolute atomic E-state index is 11.3. The van der Waals surface area contributed by atoms with Crippen molar-refractivity contribution in [3.05, 3.63) is 23.8 Å². The smallest absolute Gasteiger partial charge is 0.289 e. The molecule has 1 aromatic carbocycles. The lowest BCUT2D eigenvalue weighted by molar-refractivity contribution is -0.118. The first-order valence-corrected chi connectivity index (χ1v) is 4.49. The number of hydrogen-bond donors (Lipinski definition) is 2. The number of nitrogens with one attached hydrogen (secondary N) is 1. The topological polar surface area (TPSA) is 98.5 Å². The fraction of sp³-hybridized carbons (Fsp3) is 0.100. The third-order valence-electron chi connectivity index (χ3n) is 2.10. The Kier molecular flexibility index (Phi) is 2.32. The van der Waals surface area contributed by atoms with Crippen LogP contribution in [-0.4, -0.2) is 24.2 Å². The van der Waals surface area contributed by atoms with Gasteiger partial charge in [0.2, 0.25) is 5.78 Å². The number of primary amides is 1. The number of rotatable bonds is 2. The molecule has 0 atom stereocenters. The van der Waals surface area contributed by atoms with Crippen molar-refractivity contribution in [3.63, 3.8) is 0 Å². The second-order valence-corrected chi connectivity index (χ2v) is 3.24. The molecule has 82 valence electrons. The average Bonchev–Trinajstić information content (AvgIpc) is 2.26. The van der Waals surface area contributed by atoms with Crippen LogP contribution in [0.2, 0.25) is 0 Å². The van der Waals surface area contributed by atoms with E-state index in [2.05, 4.69) is 5.32 Å². The number of anilines is 1. The molecule has 1 aliphatic heterocycles. The van der Waals surface area contributed by atoms with Gasteiger partial charge in [-0.05, 0) is 18.2 Å². The van der Waals surface area contributed by atoms with E-state index in [4.69, 9.17) is 10.5 Å². The fourth-order valence-electron chi connectivity index (χ4n) is 1.37. The summed E-state index contributed by atoms with van der Waals surface area (Å²) in [4.78, 5) is 33.0. The summed E-state index contributed by atoms with van der Waals surface area (Å²) < 4.78 is 5.09. The molecule has 0 bridgehead atoms. The zero-order valence-electron chi connectivity index (χ0n) is 8.15. The highest BCUT2D eigenvalue weighted by molar-refractivity contribution is 6.42. The first-order chi connectivity index (χ1) is 7.58. The van der Waals surface area contributed by atoms with Gasteiger partial charge in [0.05, 0.1) is 5.69 Å². The van der Waals surface area contributed by atoms with Gasteiger partial charge in [0, 0.05) is 5.56 Å². The summed E-state index contributed by atoms with van der Waals surface area (Å²) in [6, 6.07) is 4.29. The molecule has 1 heterocycles. The standard InChI is InChI=1S/C10H8N2O4/c11-10(15)9(14)5-1-2-7-6(3-5)12-8(13)4-16-7/h1-3H,4H2,(H2,11,15)(H,12,13). The molecular weight excluding hydrogens is 212 g/mol. The van der Waals surface area contributed by atoms with E-state index >= 15 is 0 Å². The average molecular weight is 220 g/mol. The van der Waals surface area contributed by atoms with Crippen LogP contribution < -0.4 is 15.8 Å². The van der Waals surface area contributed by atoms with Crippen LogP contribution in [0.3, 0.4) is 0 Å². The van der Waals surface area contributed by atoms with Crippen molar-refractivity contribution in [2.45, 2.75) is 0 Å². The SMILES string of the molecule is NC(=O)C(=O)c1ccc2c(c1)NC(=O)CO2. The summed E-state index contributed by atoms with van der Waals surface area (Å²) in [5.74, 6) is -1.69. The molecule has 0 unspecified atom stereocenters. The number of carbonyl (C=O) groups excluding carboxylic acids is 3. The minimum atomic E-state index is -1.04. The molecule has 6 nitrogen and oxygen atoms in total. The summed E-state index contributed by atoms with van der Waals surface area (Å²) in [7, 11) is 0. The van der Waals surface area contributed by atoms with Gasteiger partial charge < -0.3 is 15.8 Å². The van der Waals surface area contributed by atoms with Gasteiger partial charge in [0.1, 0.15) is 5.75 Å². The highest BCUT2D eigenvalue weighted by Gasteiger charge is 2.19. The van der Waals surface area contributed by atoms with Crippen LogP contribution in [0.1, 0.15) is 10.4 Å². The molecule has 0 fully saturated rings. The van der Waals surface area contributed by atoms with Crippen molar-refractivity contribution >= 4 is 23.3 Å². The summed E-state index contributed by atoms with van der Waals surface area (Å²) in [5, 5.41) is 2.53. The van der Waals surface area contributed by atoms with E-state index in [1.807, 2.05) is 0 Å². The lowest BCUT2D eigenvalue weighted by atomic mass is 10.1. The monoisotopic (exact) mass is 220 g/mol. The third kappa shape index (κ3) is 1.72. The molecule has 0 saturated heterocycles. The number of amides is 2. The van der Waals surface area contributed by atoms with Gasteiger partial charge in [-0.2, -0.15) is 0 Å². The number of ether oxygens (including phenoxy) is 1. The lowest BCUT2D eigenvalue weighted by Crippen LogP contribution is -2.27. The number of ketones is 1. The Hall–Kier alpha value is -2.37. The van der Waals surface area contributed by atoms with Crippen molar-refractivity contribution < 1.29 is 19.1 Å². The largest absolute Gasteiger partial charge is 0.482 e. The van der Waals surface area contributed by atoms with E-state index < -0.39 is 11.7 Å². The number of hydrogen-bond acceptors (Lipinski definition) is 4. The van der Waals surface area contributed by atoms with Crippen molar-refractivity contribution in [1.82, 2.24) is 0 Å². The van der Waals surface area contributed by atoms with E-state index in [1.165, 1.54) is 18.2 Å². The Bertz CT molecular complexity index is 496. The normalized spacial score (nSPS) is 13.4. The van der Waals surface area contributed by atoms with Gasteiger partial charge in [-0.25, -0.2) is 0 Å². The highest BCUT2D eigenvalue weighted by Crippen LogP contribution is 2.28. The Morgan fingerprint density at radius 1 is 1.38 bits per heavy atom. The summed E-state index contributed by atoms with van der Waals surface area (Å²) in [6.45, 7) is -0.0594.